The molecule has 1 nitrogen and oxygen atoms in total. The van der Waals surface area contributed by atoms with Crippen molar-refractivity contribution in [2.75, 3.05) is 0 Å². The first kappa shape index (κ1) is 10.7. The summed E-state index contributed by atoms with van der Waals surface area (Å²) in [5.74, 6) is -0.299. The van der Waals surface area contributed by atoms with E-state index in [2.05, 4.69) is 0 Å². The highest BCUT2D eigenvalue weighted by Crippen LogP contribution is 2.13. The van der Waals surface area contributed by atoms with Crippen LogP contribution in [0.4, 0.5) is 4.39 Å². The molecule has 0 radical (unpaired) electrons. The summed E-state index contributed by atoms with van der Waals surface area (Å²) in [6.45, 7) is 0.187. The lowest BCUT2D eigenvalue weighted by Gasteiger charge is -1.97. The van der Waals surface area contributed by atoms with E-state index in [9.17, 15) is 4.39 Å². The van der Waals surface area contributed by atoms with Gasteiger partial charge < -0.3 is 5.73 Å². The topological polar surface area (TPSA) is 26.0 Å². The fourth-order valence-electron chi connectivity index (χ4n) is 0.700. The van der Waals surface area contributed by atoms with Crippen molar-refractivity contribution in [3.63, 3.8) is 0 Å². The summed E-state index contributed by atoms with van der Waals surface area (Å²) in [6.07, 6.45) is 0. The molecule has 0 aliphatic heterocycles. The van der Waals surface area contributed by atoms with E-state index < -0.39 is 0 Å². The van der Waals surface area contributed by atoms with Crippen LogP contribution in [0.1, 0.15) is 5.56 Å². The lowest BCUT2D eigenvalue weighted by molar-refractivity contribution is 0.610. The van der Waals surface area contributed by atoms with E-state index in [0.29, 0.717) is 10.6 Å². The van der Waals surface area contributed by atoms with Gasteiger partial charge in [0.05, 0.1) is 0 Å². The average molecular weight is 196 g/mol. The maximum absolute atomic E-state index is 12.6. The molecule has 2 N–H and O–H groups in total. The minimum atomic E-state index is -0.299. The van der Waals surface area contributed by atoms with Gasteiger partial charge in [-0.25, -0.2) is 4.39 Å². The Labute approximate surface area is 75.8 Å². The van der Waals surface area contributed by atoms with Crippen molar-refractivity contribution in [3.8, 4) is 0 Å². The molecule has 0 aromatic heterocycles. The number of hydrogen-bond acceptors (Lipinski definition) is 1. The van der Waals surface area contributed by atoms with Gasteiger partial charge in [0.15, 0.2) is 0 Å². The largest absolute Gasteiger partial charge is 0.326 e. The molecule has 0 atom stereocenters. The van der Waals surface area contributed by atoms with Crippen molar-refractivity contribution < 1.29 is 4.39 Å². The molecular formula is C7H8Cl2FN. The maximum Gasteiger partial charge on any atom is 0.127 e. The van der Waals surface area contributed by atoms with Gasteiger partial charge >= 0.3 is 0 Å². The Morgan fingerprint density at radius 1 is 1.45 bits per heavy atom. The molecule has 1 aromatic rings. The third kappa shape index (κ3) is 2.66. The molecule has 1 rings (SSSR count). The Morgan fingerprint density at radius 3 is 2.55 bits per heavy atom. The number of halogens is 3. The molecular weight excluding hydrogens is 188 g/mol. The molecule has 1 aromatic carbocycles. The van der Waals surface area contributed by atoms with Gasteiger partial charge in [-0.05, 0) is 18.2 Å². The first-order valence-corrected chi connectivity index (χ1v) is 3.26. The zero-order valence-electron chi connectivity index (χ0n) is 5.68. The van der Waals surface area contributed by atoms with Crippen molar-refractivity contribution in [1.29, 1.82) is 0 Å². The quantitative estimate of drug-likeness (QED) is 0.732. The van der Waals surface area contributed by atoms with Gasteiger partial charge in [0.1, 0.15) is 5.82 Å². The van der Waals surface area contributed by atoms with E-state index in [0.717, 1.165) is 0 Å². The molecule has 62 valence electrons. The van der Waals surface area contributed by atoms with Gasteiger partial charge in [-0.15, -0.1) is 12.4 Å². The third-order valence-corrected chi connectivity index (χ3v) is 1.46. The Balaban J connectivity index is 0.000001000. The van der Waals surface area contributed by atoms with Crippen LogP contribution in [0.3, 0.4) is 0 Å². The zero-order chi connectivity index (χ0) is 7.56. The number of nitrogens with two attached hydrogens (primary N) is 1. The third-order valence-electron chi connectivity index (χ3n) is 1.23. The highest BCUT2D eigenvalue weighted by atomic mass is 35.5. The monoisotopic (exact) mass is 195 g/mol. The highest BCUT2D eigenvalue weighted by molar-refractivity contribution is 6.30. The average Bonchev–Trinajstić information content (AvgIpc) is 1.94. The van der Waals surface area contributed by atoms with E-state index in [4.69, 9.17) is 17.3 Å². The van der Waals surface area contributed by atoms with Crippen LogP contribution < -0.4 is 5.73 Å². The molecule has 0 spiro atoms. The fraction of sp³-hybridized carbons (Fsp3) is 0.143. The van der Waals surface area contributed by atoms with Crippen molar-refractivity contribution >= 4 is 24.0 Å². The second-order valence-corrected chi connectivity index (χ2v) is 2.38. The summed E-state index contributed by atoms with van der Waals surface area (Å²) < 4.78 is 12.6. The van der Waals surface area contributed by atoms with Crippen LogP contribution in [-0.4, -0.2) is 0 Å². The van der Waals surface area contributed by atoms with Crippen LogP contribution in [0.5, 0.6) is 0 Å². The minimum Gasteiger partial charge on any atom is -0.326 e. The van der Waals surface area contributed by atoms with Gasteiger partial charge in [0, 0.05) is 17.1 Å². The SMILES string of the molecule is Cl.NCc1cc(Cl)ccc1F. The van der Waals surface area contributed by atoms with Crippen LogP contribution >= 0.6 is 24.0 Å². The second-order valence-electron chi connectivity index (χ2n) is 1.94. The predicted octanol–water partition coefficient (Wildman–Crippen LogP) is 2.36. The zero-order valence-corrected chi connectivity index (χ0v) is 7.25. The first-order chi connectivity index (χ1) is 4.74. The molecule has 0 heterocycles. The van der Waals surface area contributed by atoms with Crippen LogP contribution in [0.25, 0.3) is 0 Å². The van der Waals surface area contributed by atoms with Gasteiger partial charge in [0.2, 0.25) is 0 Å². The van der Waals surface area contributed by atoms with Crippen LogP contribution in [0, 0.1) is 5.82 Å². The normalized spacial score (nSPS) is 9.00. The van der Waals surface area contributed by atoms with Crippen molar-refractivity contribution in [3.05, 3.63) is 34.6 Å². The molecule has 11 heavy (non-hydrogen) atoms. The van der Waals surface area contributed by atoms with Crippen molar-refractivity contribution in [2.24, 2.45) is 5.73 Å². The molecule has 0 saturated carbocycles. The molecule has 0 amide bonds. The molecule has 0 fully saturated rings. The summed E-state index contributed by atoms with van der Waals surface area (Å²) in [5, 5.41) is 0.516. The summed E-state index contributed by atoms with van der Waals surface area (Å²) >= 11 is 5.57. The van der Waals surface area contributed by atoms with E-state index in [1.54, 1.807) is 0 Å². The lowest BCUT2D eigenvalue weighted by Crippen LogP contribution is -1.98. The molecule has 0 unspecified atom stereocenters. The Kier molecular flexibility index (Phi) is 4.42. The second kappa shape index (κ2) is 4.54. The lowest BCUT2D eigenvalue weighted by atomic mass is 10.2. The van der Waals surface area contributed by atoms with E-state index in [1.165, 1.54) is 18.2 Å². The van der Waals surface area contributed by atoms with Gasteiger partial charge in [-0.1, -0.05) is 11.6 Å². The molecule has 0 aliphatic carbocycles. The Hall–Kier alpha value is -0.310. The first-order valence-electron chi connectivity index (χ1n) is 2.88. The Bertz CT molecular complexity index is 240. The standard InChI is InChI=1S/C7H7ClFN.ClH/c8-6-1-2-7(9)5(3-6)4-10;/h1-3H,4,10H2;1H. The van der Waals surface area contributed by atoms with Crippen molar-refractivity contribution in [2.45, 2.75) is 6.54 Å². The molecule has 0 saturated heterocycles. The number of rotatable bonds is 1. The number of benzene rings is 1. The molecule has 0 bridgehead atoms. The summed E-state index contributed by atoms with van der Waals surface area (Å²) in [6, 6.07) is 4.33. The molecule has 4 heteroatoms. The number of hydrogen-bond donors (Lipinski definition) is 1. The van der Waals surface area contributed by atoms with E-state index in [-0.39, 0.29) is 24.8 Å². The smallest absolute Gasteiger partial charge is 0.127 e. The predicted molar refractivity (Wildman–Crippen MR) is 46.5 cm³/mol. The maximum atomic E-state index is 12.6. The summed E-state index contributed by atoms with van der Waals surface area (Å²) in [4.78, 5) is 0. The summed E-state index contributed by atoms with van der Waals surface area (Å²) in [5.41, 5.74) is 5.67. The molecule has 0 aliphatic rings. The van der Waals surface area contributed by atoms with Gasteiger partial charge in [0.25, 0.3) is 0 Å². The van der Waals surface area contributed by atoms with E-state index >= 15 is 0 Å². The highest BCUT2D eigenvalue weighted by Gasteiger charge is 1.98. The van der Waals surface area contributed by atoms with Crippen molar-refractivity contribution in [1.82, 2.24) is 0 Å². The van der Waals surface area contributed by atoms with Crippen LogP contribution in [0.15, 0.2) is 18.2 Å². The van der Waals surface area contributed by atoms with E-state index in [1.807, 2.05) is 0 Å². The Morgan fingerprint density at radius 2 is 2.09 bits per heavy atom. The van der Waals surface area contributed by atoms with Gasteiger partial charge in [-0.3, -0.25) is 0 Å². The minimum absolute atomic E-state index is 0. The van der Waals surface area contributed by atoms with Crippen LogP contribution in [0.2, 0.25) is 5.02 Å². The fourth-order valence-corrected chi connectivity index (χ4v) is 0.894. The van der Waals surface area contributed by atoms with Crippen LogP contribution in [-0.2, 0) is 6.54 Å². The van der Waals surface area contributed by atoms with Gasteiger partial charge in [-0.2, -0.15) is 0 Å². The summed E-state index contributed by atoms with van der Waals surface area (Å²) in [7, 11) is 0.